The summed E-state index contributed by atoms with van der Waals surface area (Å²) in [6.45, 7) is 2.65. The number of benzene rings is 1. The minimum Gasteiger partial charge on any atom is -0.385 e. The molecule has 1 spiro atoms. The van der Waals surface area contributed by atoms with Crippen LogP contribution in [-0.2, 0) is 10.3 Å². The first-order valence-electron chi connectivity index (χ1n) is 7.43. The maximum absolute atomic E-state index is 11.0. The average molecular weight is 271 g/mol. The van der Waals surface area contributed by atoms with Crippen molar-refractivity contribution < 1.29 is 9.84 Å². The van der Waals surface area contributed by atoms with Gasteiger partial charge in [-0.2, -0.15) is 5.26 Å². The van der Waals surface area contributed by atoms with E-state index < -0.39 is 5.60 Å². The number of hydrogen-bond donors (Lipinski definition) is 1. The maximum atomic E-state index is 11.0. The number of hydrogen-bond acceptors (Lipinski definition) is 3. The monoisotopic (exact) mass is 271 g/mol. The smallest absolute Gasteiger partial charge is 0.0991 e. The van der Waals surface area contributed by atoms with Gasteiger partial charge in [-0.25, -0.2) is 0 Å². The van der Waals surface area contributed by atoms with Gasteiger partial charge in [0.25, 0.3) is 0 Å². The fourth-order valence-corrected chi connectivity index (χ4v) is 3.54. The Labute approximate surface area is 120 Å². The second-order valence-corrected chi connectivity index (χ2v) is 6.41. The van der Waals surface area contributed by atoms with Crippen LogP contribution in [0.2, 0.25) is 0 Å². The second kappa shape index (κ2) is 4.87. The molecule has 1 saturated heterocycles. The SMILES string of the molecule is CC(O)(c1ccc(C#N)cc1)C1CCOC2(CCC2)C1. The first-order valence-corrected chi connectivity index (χ1v) is 7.43. The third-order valence-corrected chi connectivity index (χ3v) is 5.15. The Morgan fingerprint density at radius 1 is 1.35 bits per heavy atom. The van der Waals surface area contributed by atoms with Crippen molar-refractivity contribution in [2.24, 2.45) is 5.92 Å². The minimum atomic E-state index is -0.847. The summed E-state index contributed by atoms with van der Waals surface area (Å²) in [6, 6.07) is 9.43. The van der Waals surface area contributed by atoms with Gasteiger partial charge in [0.1, 0.15) is 0 Å². The average Bonchev–Trinajstić information content (AvgIpc) is 2.46. The zero-order chi connectivity index (χ0) is 14.2. The summed E-state index contributed by atoms with van der Waals surface area (Å²) in [6.07, 6.45) is 5.35. The Balaban J connectivity index is 1.81. The molecule has 1 aromatic rings. The Morgan fingerprint density at radius 2 is 2.05 bits per heavy atom. The van der Waals surface area contributed by atoms with Gasteiger partial charge in [-0.05, 0) is 62.6 Å². The van der Waals surface area contributed by atoms with Crippen LogP contribution >= 0.6 is 0 Å². The van der Waals surface area contributed by atoms with E-state index in [0.29, 0.717) is 5.56 Å². The summed E-state index contributed by atoms with van der Waals surface area (Å²) in [7, 11) is 0. The Kier molecular flexibility index (Phi) is 3.32. The van der Waals surface area contributed by atoms with Gasteiger partial charge in [-0.3, -0.25) is 0 Å². The summed E-state index contributed by atoms with van der Waals surface area (Å²) in [5.74, 6) is 0.226. The van der Waals surface area contributed by atoms with E-state index in [-0.39, 0.29) is 11.5 Å². The van der Waals surface area contributed by atoms with E-state index in [1.54, 1.807) is 12.1 Å². The quantitative estimate of drug-likeness (QED) is 0.899. The molecule has 2 unspecified atom stereocenters. The van der Waals surface area contributed by atoms with Gasteiger partial charge in [-0.1, -0.05) is 12.1 Å². The third kappa shape index (κ3) is 2.24. The molecule has 3 rings (SSSR count). The van der Waals surface area contributed by atoms with Crippen molar-refractivity contribution in [3.8, 4) is 6.07 Å². The largest absolute Gasteiger partial charge is 0.385 e. The lowest BCUT2D eigenvalue weighted by Crippen LogP contribution is -2.49. The lowest BCUT2D eigenvalue weighted by Gasteiger charge is -2.50. The van der Waals surface area contributed by atoms with Crippen LogP contribution in [-0.4, -0.2) is 17.3 Å². The predicted octanol–water partition coefficient (Wildman–Crippen LogP) is 3.12. The van der Waals surface area contributed by atoms with Crippen LogP contribution in [0.5, 0.6) is 0 Å². The molecule has 0 radical (unpaired) electrons. The van der Waals surface area contributed by atoms with Crippen LogP contribution in [0.15, 0.2) is 24.3 Å². The number of nitriles is 1. The van der Waals surface area contributed by atoms with Crippen molar-refractivity contribution in [3.63, 3.8) is 0 Å². The van der Waals surface area contributed by atoms with Crippen molar-refractivity contribution in [2.75, 3.05) is 6.61 Å². The third-order valence-electron chi connectivity index (χ3n) is 5.15. The Morgan fingerprint density at radius 3 is 2.60 bits per heavy atom. The Bertz CT molecular complexity index is 523. The molecule has 1 aliphatic carbocycles. The van der Waals surface area contributed by atoms with Gasteiger partial charge >= 0.3 is 0 Å². The highest BCUT2D eigenvalue weighted by atomic mass is 16.5. The summed E-state index contributed by atoms with van der Waals surface area (Å²) in [5, 5.41) is 19.8. The van der Waals surface area contributed by atoms with Crippen molar-refractivity contribution in [3.05, 3.63) is 35.4 Å². The molecule has 1 N–H and O–H groups in total. The molecule has 0 aromatic heterocycles. The van der Waals surface area contributed by atoms with Crippen LogP contribution in [0.3, 0.4) is 0 Å². The van der Waals surface area contributed by atoms with Crippen LogP contribution in [0.4, 0.5) is 0 Å². The fourth-order valence-electron chi connectivity index (χ4n) is 3.54. The molecule has 106 valence electrons. The standard InChI is InChI=1S/C17H21NO2/c1-16(19,14-5-3-13(12-18)4-6-14)15-7-10-20-17(11-15)8-2-9-17/h3-6,15,19H,2,7-11H2,1H3. The van der Waals surface area contributed by atoms with Crippen molar-refractivity contribution in [1.29, 1.82) is 5.26 Å². The van der Waals surface area contributed by atoms with Crippen LogP contribution < -0.4 is 0 Å². The molecule has 3 heteroatoms. The van der Waals surface area contributed by atoms with Gasteiger partial charge in [0, 0.05) is 6.61 Å². The summed E-state index contributed by atoms with van der Waals surface area (Å²) < 4.78 is 5.95. The molecule has 2 atom stereocenters. The first kappa shape index (κ1) is 13.6. The highest BCUT2D eigenvalue weighted by Crippen LogP contribution is 2.48. The van der Waals surface area contributed by atoms with E-state index in [1.807, 2.05) is 19.1 Å². The van der Waals surface area contributed by atoms with Gasteiger partial charge in [0.15, 0.2) is 0 Å². The summed E-state index contributed by atoms with van der Waals surface area (Å²) in [4.78, 5) is 0. The number of ether oxygens (including phenoxy) is 1. The Hall–Kier alpha value is -1.37. The molecule has 0 amide bonds. The minimum absolute atomic E-state index is 0.0412. The lowest BCUT2D eigenvalue weighted by atomic mass is 9.67. The second-order valence-electron chi connectivity index (χ2n) is 6.41. The highest BCUT2D eigenvalue weighted by molar-refractivity contribution is 5.34. The fraction of sp³-hybridized carbons (Fsp3) is 0.588. The van der Waals surface area contributed by atoms with Crippen molar-refractivity contribution in [2.45, 2.75) is 50.2 Å². The molecule has 2 aliphatic rings. The van der Waals surface area contributed by atoms with E-state index in [2.05, 4.69) is 6.07 Å². The molecule has 2 fully saturated rings. The van der Waals surface area contributed by atoms with Gasteiger partial charge in [0.2, 0.25) is 0 Å². The molecule has 0 bridgehead atoms. The zero-order valence-electron chi connectivity index (χ0n) is 11.9. The molecule has 1 saturated carbocycles. The summed E-state index contributed by atoms with van der Waals surface area (Å²) in [5.41, 5.74) is 0.727. The van der Waals surface area contributed by atoms with Crippen LogP contribution in [0.1, 0.15) is 50.2 Å². The number of rotatable bonds is 2. The zero-order valence-corrected chi connectivity index (χ0v) is 11.9. The summed E-state index contributed by atoms with van der Waals surface area (Å²) >= 11 is 0. The van der Waals surface area contributed by atoms with E-state index in [1.165, 1.54) is 6.42 Å². The molecular formula is C17H21NO2. The van der Waals surface area contributed by atoms with Crippen LogP contribution in [0, 0.1) is 17.2 Å². The predicted molar refractivity (Wildman–Crippen MR) is 76.0 cm³/mol. The highest BCUT2D eigenvalue weighted by Gasteiger charge is 2.47. The van der Waals surface area contributed by atoms with E-state index in [0.717, 1.165) is 37.9 Å². The topological polar surface area (TPSA) is 53.2 Å². The maximum Gasteiger partial charge on any atom is 0.0991 e. The number of nitrogens with zero attached hydrogens (tertiary/aromatic N) is 1. The number of aliphatic hydroxyl groups is 1. The molecule has 1 aromatic carbocycles. The molecule has 20 heavy (non-hydrogen) atoms. The van der Waals surface area contributed by atoms with Crippen LogP contribution in [0.25, 0.3) is 0 Å². The van der Waals surface area contributed by atoms with Gasteiger partial charge in [-0.15, -0.1) is 0 Å². The molecular weight excluding hydrogens is 250 g/mol. The molecule has 1 heterocycles. The molecule has 3 nitrogen and oxygen atoms in total. The first-order chi connectivity index (χ1) is 9.56. The van der Waals surface area contributed by atoms with E-state index in [4.69, 9.17) is 10.00 Å². The van der Waals surface area contributed by atoms with E-state index in [9.17, 15) is 5.11 Å². The van der Waals surface area contributed by atoms with E-state index >= 15 is 0 Å². The van der Waals surface area contributed by atoms with Gasteiger partial charge in [0.05, 0.1) is 22.8 Å². The van der Waals surface area contributed by atoms with Crippen molar-refractivity contribution in [1.82, 2.24) is 0 Å². The normalized spacial score (nSPS) is 27.4. The van der Waals surface area contributed by atoms with Crippen molar-refractivity contribution >= 4 is 0 Å². The lowest BCUT2D eigenvalue weighted by molar-refractivity contribution is -0.174. The van der Waals surface area contributed by atoms with Gasteiger partial charge < -0.3 is 9.84 Å². The molecule has 1 aliphatic heterocycles.